The molecule has 0 aliphatic heterocycles. The van der Waals surface area contributed by atoms with E-state index in [2.05, 4.69) is 0 Å². The highest BCUT2D eigenvalue weighted by molar-refractivity contribution is 5.73. The highest BCUT2D eigenvalue weighted by atomic mass is 19.4. The summed E-state index contributed by atoms with van der Waals surface area (Å²) in [5.41, 5.74) is -9.59. The van der Waals surface area contributed by atoms with Gasteiger partial charge in [-0.15, -0.1) is 0 Å². The Labute approximate surface area is 143 Å². The Hall–Kier alpha value is -1.35. The largest absolute Gasteiger partial charge is 0.462 e. The average Bonchev–Trinajstić information content (AvgIpc) is 2.63. The van der Waals surface area contributed by atoms with Crippen LogP contribution in [0.5, 0.6) is 0 Å². The quantitative estimate of drug-likeness (QED) is 0.384. The van der Waals surface area contributed by atoms with E-state index in [1.165, 1.54) is 0 Å². The summed E-state index contributed by atoms with van der Waals surface area (Å²) in [4.78, 5) is 12.0. The first-order valence-corrected chi connectivity index (χ1v) is 8.18. The van der Waals surface area contributed by atoms with E-state index in [0.29, 0.717) is 19.3 Å². The normalized spacial score (nSPS) is 42.9. The van der Waals surface area contributed by atoms with Crippen molar-refractivity contribution < 1.29 is 44.7 Å². The molecule has 0 heterocycles. The fourth-order valence-corrected chi connectivity index (χ4v) is 3.98. The Morgan fingerprint density at radius 1 is 0.846 bits per heavy atom. The first-order valence-electron chi connectivity index (χ1n) is 8.18. The molecule has 3 rings (SSSR count). The third-order valence-corrected chi connectivity index (χ3v) is 5.62. The summed E-state index contributed by atoms with van der Waals surface area (Å²) in [6.45, 7) is 0. The zero-order valence-corrected chi connectivity index (χ0v) is 13.4. The van der Waals surface area contributed by atoms with Crippen molar-refractivity contribution in [1.82, 2.24) is 0 Å². The number of esters is 1. The standard InChI is InChI=1S/C16H16F8O2/c17-12-7-6-10(26-11(25)9-4-2-1-3-5-9)8-13(12,18)15(21,22)16(23,24)14(12,19)20/h1-2,9-10H,3-8H2. The lowest BCUT2D eigenvalue weighted by molar-refractivity contribution is -0.292. The van der Waals surface area contributed by atoms with Crippen molar-refractivity contribution in [2.45, 2.75) is 73.7 Å². The molecule has 0 bridgehead atoms. The second kappa shape index (κ2) is 5.58. The lowest BCUT2D eigenvalue weighted by Gasteiger charge is -2.42. The lowest BCUT2D eigenvalue weighted by Crippen LogP contribution is -2.61. The van der Waals surface area contributed by atoms with Crippen LogP contribution in [0.1, 0.15) is 38.5 Å². The molecule has 3 aliphatic rings. The maximum atomic E-state index is 14.8. The average molecular weight is 392 g/mol. The molecule has 3 aliphatic carbocycles. The van der Waals surface area contributed by atoms with Crippen molar-refractivity contribution in [1.29, 1.82) is 0 Å². The lowest BCUT2D eigenvalue weighted by atomic mass is 9.73. The van der Waals surface area contributed by atoms with Crippen LogP contribution in [0.3, 0.4) is 0 Å². The molecule has 0 N–H and O–H groups in total. The Morgan fingerprint density at radius 3 is 2.04 bits per heavy atom. The smallest absolute Gasteiger partial charge is 0.378 e. The number of carbonyl (C=O) groups is 1. The summed E-state index contributed by atoms with van der Waals surface area (Å²) in [5.74, 6) is -19.5. The molecular weight excluding hydrogens is 376 g/mol. The minimum Gasteiger partial charge on any atom is -0.462 e. The van der Waals surface area contributed by atoms with Crippen molar-refractivity contribution in [3.8, 4) is 0 Å². The summed E-state index contributed by atoms with van der Waals surface area (Å²) in [6, 6.07) is 0. The Balaban J connectivity index is 1.84. The van der Waals surface area contributed by atoms with E-state index in [1.807, 2.05) is 6.08 Å². The van der Waals surface area contributed by atoms with Gasteiger partial charge in [-0.3, -0.25) is 4.79 Å². The molecule has 148 valence electrons. The molecule has 2 nitrogen and oxygen atoms in total. The van der Waals surface area contributed by atoms with E-state index < -0.39 is 66.4 Å². The molecule has 2 fully saturated rings. The second-order valence-corrected chi connectivity index (χ2v) is 7.11. The highest BCUT2D eigenvalue weighted by Gasteiger charge is 2.99. The molecule has 0 aromatic heterocycles. The van der Waals surface area contributed by atoms with Gasteiger partial charge in [0.1, 0.15) is 6.10 Å². The number of hydrogen-bond acceptors (Lipinski definition) is 2. The number of alkyl halides is 8. The third kappa shape index (κ3) is 2.13. The number of carbonyl (C=O) groups excluding carboxylic acids is 1. The first kappa shape index (κ1) is 19.4. The van der Waals surface area contributed by atoms with Gasteiger partial charge in [0.2, 0.25) is 11.3 Å². The van der Waals surface area contributed by atoms with Crippen LogP contribution in [0.15, 0.2) is 12.2 Å². The molecular formula is C16H16F8O2. The minimum absolute atomic E-state index is 0.297. The molecule has 4 unspecified atom stereocenters. The van der Waals surface area contributed by atoms with Crippen molar-refractivity contribution in [3.63, 3.8) is 0 Å². The van der Waals surface area contributed by atoms with Gasteiger partial charge in [0.15, 0.2) is 0 Å². The molecule has 0 amide bonds. The maximum absolute atomic E-state index is 14.8. The Kier molecular flexibility index (Phi) is 4.16. The summed E-state index contributed by atoms with van der Waals surface area (Å²) in [7, 11) is 0. The van der Waals surface area contributed by atoms with Gasteiger partial charge < -0.3 is 4.74 Å². The Bertz CT molecular complexity index is 634. The van der Waals surface area contributed by atoms with Gasteiger partial charge in [-0.1, -0.05) is 12.2 Å². The van der Waals surface area contributed by atoms with E-state index in [4.69, 9.17) is 4.74 Å². The molecule has 0 aromatic rings. The number of rotatable bonds is 2. The topological polar surface area (TPSA) is 26.3 Å². The molecule has 0 aromatic carbocycles. The van der Waals surface area contributed by atoms with Crippen molar-refractivity contribution in [3.05, 3.63) is 12.2 Å². The molecule has 10 heteroatoms. The van der Waals surface area contributed by atoms with Crippen molar-refractivity contribution in [2.24, 2.45) is 5.92 Å². The number of halogens is 8. The predicted molar refractivity (Wildman–Crippen MR) is 72.7 cm³/mol. The van der Waals surface area contributed by atoms with E-state index >= 15 is 0 Å². The fourth-order valence-electron chi connectivity index (χ4n) is 3.98. The number of ether oxygens (including phenoxy) is 1. The zero-order valence-electron chi connectivity index (χ0n) is 13.4. The van der Waals surface area contributed by atoms with E-state index in [-0.39, 0.29) is 0 Å². The van der Waals surface area contributed by atoms with Crippen LogP contribution in [0.4, 0.5) is 35.1 Å². The van der Waals surface area contributed by atoms with Crippen molar-refractivity contribution >= 4 is 5.97 Å². The van der Waals surface area contributed by atoms with Gasteiger partial charge in [0.05, 0.1) is 5.92 Å². The summed E-state index contributed by atoms with van der Waals surface area (Å²) in [5, 5.41) is 0. The fraction of sp³-hybridized carbons (Fsp3) is 0.812. The van der Waals surface area contributed by atoms with Crippen molar-refractivity contribution in [2.75, 3.05) is 0 Å². The van der Waals surface area contributed by atoms with E-state index in [1.54, 1.807) is 6.08 Å². The van der Waals surface area contributed by atoms with Crippen LogP contribution in [0.2, 0.25) is 0 Å². The van der Waals surface area contributed by atoms with Gasteiger partial charge in [-0.2, -0.15) is 26.3 Å². The SMILES string of the molecule is O=C(OC1CCC2(F)C(F)(F)C(F)(F)C(F)(F)C2(F)C1)C1CC=CCC1. The number of hydrogen-bond donors (Lipinski definition) is 0. The van der Waals surface area contributed by atoms with Gasteiger partial charge >= 0.3 is 23.7 Å². The number of fused-ring (bicyclic) bond motifs is 1. The highest BCUT2D eigenvalue weighted by Crippen LogP contribution is 2.72. The minimum atomic E-state index is -6.20. The third-order valence-electron chi connectivity index (χ3n) is 5.62. The summed E-state index contributed by atoms with van der Waals surface area (Å²) >= 11 is 0. The van der Waals surface area contributed by atoms with Gasteiger partial charge in [-0.25, -0.2) is 8.78 Å². The van der Waals surface area contributed by atoms with Gasteiger partial charge in [0.25, 0.3) is 0 Å². The van der Waals surface area contributed by atoms with E-state index in [0.717, 1.165) is 0 Å². The molecule has 0 spiro atoms. The monoisotopic (exact) mass is 392 g/mol. The maximum Gasteiger partial charge on any atom is 0.378 e. The van der Waals surface area contributed by atoms with E-state index in [9.17, 15) is 39.9 Å². The Morgan fingerprint density at radius 2 is 1.46 bits per heavy atom. The molecule has 2 saturated carbocycles. The molecule has 4 atom stereocenters. The van der Waals surface area contributed by atoms with Crippen LogP contribution in [0.25, 0.3) is 0 Å². The van der Waals surface area contributed by atoms with Crippen LogP contribution in [-0.2, 0) is 9.53 Å². The van der Waals surface area contributed by atoms with Gasteiger partial charge in [-0.05, 0) is 32.1 Å². The van der Waals surface area contributed by atoms with Crippen LogP contribution >= 0.6 is 0 Å². The molecule has 0 radical (unpaired) electrons. The van der Waals surface area contributed by atoms with Crippen LogP contribution in [-0.4, -0.2) is 41.2 Å². The van der Waals surface area contributed by atoms with Crippen LogP contribution in [0, 0.1) is 5.92 Å². The van der Waals surface area contributed by atoms with Crippen LogP contribution < -0.4 is 0 Å². The molecule has 0 saturated heterocycles. The summed E-state index contributed by atoms with van der Waals surface area (Å²) < 4.78 is 116. The predicted octanol–water partition coefficient (Wildman–Crippen LogP) is 4.77. The number of allylic oxidation sites excluding steroid dienone is 2. The first-order chi connectivity index (χ1) is 11.8. The summed E-state index contributed by atoms with van der Waals surface area (Å²) in [6.07, 6.45) is -1.06. The van der Waals surface area contributed by atoms with Gasteiger partial charge in [0, 0.05) is 6.42 Å². The second-order valence-electron chi connectivity index (χ2n) is 7.11. The molecule has 26 heavy (non-hydrogen) atoms. The zero-order chi connectivity index (χ0) is 19.6.